The molecule has 2 atom stereocenters. The summed E-state index contributed by atoms with van der Waals surface area (Å²) in [5.41, 5.74) is 4.00. The second-order valence-corrected chi connectivity index (χ2v) is 8.13. The highest BCUT2D eigenvalue weighted by molar-refractivity contribution is 5.22. The van der Waals surface area contributed by atoms with Gasteiger partial charge in [0.05, 0.1) is 0 Å². The molecule has 0 spiro atoms. The highest BCUT2D eigenvalue weighted by atomic mass is 19.1. The van der Waals surface area contributed by atoms with E-state index in [0.29, 0.717) is 6.04 Å². The minimum absolute atomic E-state index is 0.142. The molecule has 3 fully saturated rings. The zero-order valence-corrected chi connectivity index (χ0v) is 15.3. The first-order valence-electron chi connectivity index (χ1n) is 9.66. The van der Waals surface area contributed by atoms with Gasteiger partial charge in [-0.3, -0.25) is 4.90 Å². The lowest BCUT2D eigenvalue weighted by Gasteiger charge is -2.57. The molecule has 3 aliphatic rings. The van der Waals surface area contributed by atoms with Crippen LogP contribution in [0.15, 0.2) is 48.5 Å². The van der Waals surface area contributed by atoms with Crippen LogP contribution in [-0.4, -0.2) is 17.0 Å². The van der Waals surface area contributed by atoms with Gasteiger partial charge in [-0.05, 0) is 67.7 Å². The second kappa shape index (κ2) is 6.92. The fourth-order valence-electron chi connectivity index (χ4n) is 4.76. The molecular formula is C23H28FN. The van der Waals surface area contributed by atoms with Crippen LogP contribution < -0.4 is 0 Å². The zero-order valence-electron chi connectivity index (χ0n) is 15.3. The lowest BCUT2D eigenvalue weighted by Crippen LogP contribution is -2.60. The van der Waals surface area contributed by atoms with Crippen LogP contribution in [0.4, 0.5) is 4.39 Å². The van der Waals surface area contributed by atoms with E-state index in [1.165, 1.54) is 36.0 Å². The maximum absolute atomic E-state index is 13.1. The summed E-state index contributed by atoms with van der Waals surface area (Å²) in [5, 5.41) is 0. The SMILES string of the molecule is Cc1ccc(CN2C3CC(C3)[C@@H](C)[C@H]2CCc2ccc(F)cc2)cc1. The van der Waals surface area contributed by atoms with Crippen LogP contribution in [-0.2, 0) is 13.0 Å². The van der Waals surface area contributed by atoms with E-state index >= 15 is 0 Å². The fourth-order valence-corrected chi connectivity index (χ4v) is 4.76. The smallest absolute Gasteiger partial charge is 0.123 e. The molecule has 2 bridgehead atoms. The molecule has 0 radical (unpaired) electrons. The molecule has 2 aromatic rings. The van der Waals surface area contributed by atoms with E-state index in [1.54, 1.807) is 12.1 Å². The van der Waals surface area contributed by atoms with Gasteiger partial charge in [-0.2, -0.15) is 0 Å². The molecule has 0 amide bonds. The second-order valence-electron chi connectivity index (χ2n) is 8.13. The summed E-state index contributed by atoms with van der Waals surface area (Å²) < 4.78 is 13.1. The average molecular weight is 337 g/mol. The van der Waals surface area contributed by atoms with E-state index in [1.807, 2.05) is 12.1 Å². The molecule has 1 aliphatic carbocycles. The Kier molecular flexibility index (Phi) is 4.64. The van der Waals surface area contributed by atoms with Gasteiger partial charge in [0.25, 0.3) is 0 Å². The highest BCUT2D eigenvalue weighted by Crippen LogP contribution is 2.48. The highest BCUT2D eigenvalue weighted by Gasteiger charge is 2.47. The minimum Gasteiger partial charge on any atom is -0.293 e. The summed E-state index contributed by atoms with van der Waals surface area (Å²) in [6, 6.07) is 17.5. The summed E-state index contributed by atoms with van der Waals surface area (Å²) in [5.74, 6) is 1.53. The number of rotatable bonds is 5. The first kappa shape index (κ1) is 16.8. The Morgan fingerprint density at radius 2 is 1.60 bits per heavy atom. The largest absolute Gasteiger partial charge is 0.293 e. The molecule has 0 N–H and O–H groups in total. The molecule has 132 valence electrons. The third kappa shape index (κ3) is 3.50. The van der Waals surface area contributed by atoms with E-state index < -0.39 is 0 Å². The molecule has 25 heavy (non-hydrogen) atoms. The summed E-state index contributed by atoms with van der Waals surface area (Å²) in [6.07, 6.45) is 4.96. The monoisotopic (exact) mass is 337 g/mol. The van der Waals surface area contributed by atoms with Crippen molar-refractivity contribution in [2.24, 2.45) is 11.8 Å². The summed E-state index contributed by atoms with van der Waals surface area (Å²) in [6.45, 7) is 5.66. The number of benzene rings is 2. The maximum Gasteiger partial charge on any atom is 0.123 e. The fraction of sp³-hybridized carbons (Fsp3) is 0.478. The van der Waals surface area contributed by atoms with Crippen molar-refractivity contribution in [2.75, 3.05) is 0 Å². The third-order valence-corrected chi connectivity index (χ3v) is 6.52. The number of halogens is 1. The Labute approximate surface area is 150 Å². The molecule has 5 rings (SSSR count). The first-order valence-corrected chi connectivity index (χ1v) is 9.66. The molecule has 1 nitrogen and oxygen atoms in total. The van der Waals surface area contributed by atoms with Gasteiger partial charge in [-0.1, -0.05) is 48.9 Å². The van der Waals surface area contributed by atoms with Crippen molar-refractivity contribution in [1.29, 1.82) is 0 Å². The van der Waals surface area contributed by atoms with Crippen molar-refractivity contribution >= 4 is 0 Å². The molecule has 2 saturated heterocycles. The third-order valence-electron chi connectivity index (χ3n) is 6.52. The van der Waals surface area contributed by atoms with Crippen molar-refractivity contribution in [1.82, 2.24) is 4.90 Å². The quantitative estimate of drug-likeness (QED) is 0.709. The Bertz CT molecular complexity index is 700. The minimum atomic E-state index is -0.142. The number of nitrogens with zero attached hydrogens (tertiary/aromatic N) is 1. The van der Waals surface area contributed by atoms with Gasteiger partial charge in [0, 0.05) is 18.6 Å². The van der Waals surface area contributed by atoms with Crippen molar-refractivity contribution in [3.05, 3.63) is 71.0 Å². The summed E-state index contributed by atoms with van der Waals surface area (Å²) >= 11 is 0. The van der Waals surface area contributed by atoms with E-state index in [9.17, 15) is 4.39 Å². The Morgan fingerprint density at radius 1 is 0.960 bits per heavy atom. The van der Waals surface area contributed by atoms with Crippen LogP contribution in [0.3, 0.4) is 0 Å². The van der Waals surface area contributed by atoms with Crippen LogP contribution in [0.2, 0.25) is 0 Å². The average Bonchev–Trinajstić information content (AvgIpc) is 2.56. The number of hydrogen-bond donors (Lipinski definition) is 0. The van der Waals surface area contributed by atoms with Gasteiger partial charge in [0.15, 0.2) is 0 Å². The van der Waals surface area contributed by atoms with Crippen LogP contribution in [0, 0.1) is 24.6 Å². The Balaban J connectivity index is 1.46. The summed E-state index contributed by atoms with van der Waals surface area (Å²) in [7, 11) is 0. The van der Waals surface area contributed by atoms with Gasteiger partial charge in [-0.25, -0.2) is 4.39 Å². The molecular weight excluding hydrogens is 309 g/mol. The van der Waals surface area contributed by atoms with Crippen molar-refractivity contribution in [3.63, 3.8) is 0 Å². The van der Waals surface area contributed by atoms with E-state index in [4.69, 9.17) is 0 Å². The van der Waals surface area contributed by atoms with E-state index in [0.717, 1.165) is 30.8 Å². The maximum atomic E-state index is 13.1. The first-order chi connectivity index (χ1) is 12.1. The topological polar surface area (TPSA) is 3.24 Å². The van der Waals surface area contributed by atoms with Crippen molar-refractivity contribution < 1.29 is 4.39 Å². The van der Waals surface area contributed by atoms with Gasteiger partial charge in [-0.15, -0.1) is 0 Å². The molecule has 1 saturated carbocycles. The van der Waals surface area contributed by atoms with Gasteiger partial charge < -0.3 is 0 Å². The lowest BCUT2D eigenvalue weighted by atomic mass is 9.64. The molecule has 2 heterocycles. The number of piperidine rings is 2. The Morgan fingerprint density at radius 3 is 2.28 bits per heavy atom. The normalized spacial score (nSPS) is 28.6. The molecule has 0 aromatic heterocycles. The Hall–Kier alpha value is -1.67. The molecule has 2 aromatic carbocycles. The summed E-state index contributed by atoms with van der Waals surface area (Å²) in [4.78, 5) is 2.76. The van der Waals surface area contributed by atoms with Gasteiger partial charge >= 0.3 is 0 Å². The van der Waals surface area contributed by atoms with E-state index in [-0.39, 0.29) is 5.82 Å². The van der Waals surface area contributed by atoms with Crippen LogP contribution in [0.1, 0.15) is 42.9 Å². The zero-order chi connectivity index (χ0) is 17.4. The predicted octanol–water partition coefficient (Wildman–Crippen LogP) is 5.37. The van der Waals surface area contributed by atoms with Gasteiger partial charge in [0.2, 0.25) is 0 Å². The standard InChI is InChI=1S/C23H28FN/c1-16-3-5-19(6-4-16)15-25-22-13-20(14-22)17(2)23(25)12-9-18-7-10-21(24)11-8-18/h3-8,10-11,17,20,22-23H,9,12-15H2,1-2H3/t17-,20?,22?,23-/m1/s1. The lowest BCUT2D eigenvalue weighted by molar-refractivity contribution is -0.0822. The van der Waals surface area contributed by atoms with Crippen molar-refractivity contribution in [3.8, 4) is 0 Å². The number of aryl methyl sites for hydroxylation is 2. The van der Waals surface area contributed by atoms with E-state index in [2.05, 4.69) is 43.0 Å². The van der Waals surface area contributed by atoms with Crippen LogP contribution >= 0.6 is 0 Å². The van der Waals surface area contributed by atoms with Gasteiger partial charge in [0.1, 0.15) is 5.82 Å². The predicted molar refractivity (Wildman–Crippen MR) is 101 cm³/mol. The number of fused-ring (bicyclic) bond motifs is 2. The van der Waals surface area contributed by atoms with Crippen LogP contribution in [0.25, 0.3) is 0 Å². The molecule has 2 aliphatic heterocycles. The molecule has 2 heteroatoms. The van der Waals surface area contributed by atoms with Crippen LogP contribution in [0.5, 0.6) is 0 Å². The molecule has 0 unspecified atom stereocenters. The number of hydrogen-bond acceptors (Lipinski definition) is 1. The van der Waals surface area contributed by atoms with Crippen molar-refractivity contribution in [2.45, 2.75) is 58.2 Å².